The van der Waals surface area contributed by atoms with Crippen molar-refractivity contribution in [3.05, 3.63) is 40.9 Å². The van der Waals surface area contributed by atoms with Crippen molar-refractivity contribution in [2.45, 2.75) is 10.3 Å². The Labute approximate surface area is 113 Å². The highest BCUT2D eigenvalue weighted by Gasteiger charge is 2.26. The fourth-order valence-corrected chi connectivity index (χ4v) is 2.65. The molecule has 1 aliphatic heterocycles. The zero-order chi connectivity index (χ0) is 11.7. The predicted molar refractivity (Wildman–Crippen MR) is 74.6 cm³/mol. The van der Waals surface area contributed by atoms with Gasteiger partial charge in [0.2, 0.25) is 5.91 Å². The average Bonchev–Trinajstić information content (AvgIpc) is 2.28. The van der Waals surface area contributed by atoms with E-state index in [0.29, 0.717) is 5.02 Å². The monoisotopic (exact) mass is 347 g/mol. The van der Waals surface area contributed by atoms with Crippen LogP contribution in [-0.2, 0) is 4.79 Å². The van der Waals surface area contributed by atoms with Gasteiger partial charge in [-0.1, -0.05) is 58.5 Å². The van der Waals surface area contributed by atoms with E-state index in [0.717, 1.165) is 17.7 Å². The lowest BCUT2D eigenvalue weighted by atomic mass is 10.1. The minimum absolute atomic E-state index is 0.0360. The van der Waals surface area contributed by atoms with Gasteiger partial charge in [0.05, 0.1) is 3.92 Å². The second-order valence-corrected chi connectivity index (χ2v) is 5.58. The van der Waals surface area contributed by atoms with Crippen LogP contribution in [0.1, 0.15) is 12.0 Å². The van der Waals surface area contributed by atoms with Gasteiger partial charge in [-0.3, -0.25) is 4.79 Å². The van der Waals surface area contributed by atoms with Crippen LogP contribution in [0.4, 0.5) is 0 Å². The molecule has 0 N–H and O–H groups in total. The molecule has 0 aliphatic carbocycles. The van der Waals surface area contributed by atoms with Crippen LogP contribution in [0.5, 0.6) is 0 Å². The van der Waals surface area contributed by atoms with Gasteiger partial charge < -0.3 is 4.90 Å². The van der Waals surface area contributed by atoms with Crippen LogP contribution in [-0.4, -0.2) is 21.8 Å². The van der Waals surface area contributed by atoms with Crippen LogP contribution in [0.25, 0.3) is 5.70 Å². The van der Waals surface area contributed by atoms with Crippen LogP contribution in [0.3, 0.4) is 0 Å². The zero-order valence-electron chi connectivity index (χ0n) is 8.78. The summed E-state index contributed by atoms with van der Waals surface area (Å²) in [6, 6.07) is 7.59. The molecule has 1 aromatic carbocycles. The van der Waals surface area contributed by atoms with Gasteiger partial charge >= 0.3 is 0 Å². The van der Waals surface area contributed by atoms with Gasteiger partial charge in [-0.25, -0.2) is 0 Å². The number of amides is 1. The summed E-state index contributed by atoms with van der Waals surface area (Å²) in [4.78, 5) is 13.5. The molecule has 1 atom stereocenters. The Balaban J connectivity index is 2.42. The molecule has 0 bridgehead atoms. The average molecular weight is 348 g/mol. The van der Waals surface area contributed by atoms with Gasteiger partial charge in [0.1, 0.15) is 0 Å². The molecule has 4 heteroatoms. The minimum atomic E-state index is 0.0360. The van der Waals surface area contributed by atoms with Gasteiger partial charge in [-0.05, 0) is 12.5 Å². The molecule has 0 spiro atoms. The Morgan fingerprint density at radius 1 is 1.44 bits per heavy atom. The highest BCUT2D eigenvalue weighted by molar-refractivity contribution is 14.1. The normalized spacial score (nSPS) is 20.9. The number of halogens is 2. The number of carbonyl (C=O) groups is 1. The largest absolute Gasteiger partial charge is 0.314 e. The molecular weight excluding hydrogens is 336 g/mol. The Kier molecular flexibility index (Phi) is 3.54. The number of hydrogen-bond acceptors (Lipinski definition) is 1. The first-order chi connectivity index (χ1) is 7.61. The molecule has 1 amide bonds. The van der Waals surface area contributed by atoms with E-state index >= 15 is 0 Å². The third-order valence-corrected chi connectivity index (χ3v) is 4.00. The molecule has 84 valence electrons. The van der Waals surface area contributed by atoms with E-state index in [9.17, 15) is 4.79 Å². The molecule has 16 heavy (non-hydrogen) atoms. The van der Waals surface area contributed by atoms with Crippen molar-refractivity contribution in [3.8, 4) is 0 Å². The summed E-state index contributed by atoms with van der Waals surface area (Å²) in [6.07, 6.45) is 2.84. The first kappa shape index (κ1) is 11.9. The van der Waals surface area contributed by atoms with Crippen LogP contribution >= 0.6 is 34.2 Å². The first-order valence-electron chi connectivity index (χ1n) is 4.98. The van der Waals surface area contributed by atoms with Crippen molar-refractivity contribution in [3.63, 3.8) is 0 Å². The van der Waals surface area contributed by atoms with E-state index in [1.54, 1.807) is 11.9 Å². The number of nitrogens with zero attached hydrogens (tertiary/aromatic N) is 1. The lowest BCUT2D eigenvalue weighted by molar-refractivity contribution is -0.126. The zero-order valence-corrected chi connectivity index (χ0v) is 11.7. The maximum absolute atomic E-state index is 11.9. The summed E-state index contributed by atoms with van der Waals surface area (Å²) >= 11 is 8.29. The van der Waals surface area contributed by atoms with Crippen molar-refractivity contribution in [1.29, 1.82) is 0 Å². The molecule has 1 heterocycles. The molecule has 0 saturated carbocycles. The lowest BCUT2D eigenvalue weighted by Gasteiger charge is -2.28. The second kappa shape index (κ2) is 4.75. The van der Waals surface area contributed by atoms with Crippen molar-refractivity contribution >= 4 is 45.8 Å². The molecule has 1 aromatic rings. The number of benzene rings is 1. The molecule has 1 aliphatic rings. The SMILES string of the molecule is CN1C(=O)C(I)CC=C1c1ccccc1Cl. The van der Waals surface area contributed by atoms with Gasteiger partial charge in [0.15, 0.2) is 0 Å². The summed E-state index contributed by atoms with van der Waals surface area (Å²) in [7, 11) is 1.79. The molecule has 0 aromatic heterocycles. The minimum Gasteiger partial charge on any atom is -0.314 e. The summed E-state index contributed by atoms with van der Waals surface area (Å²) < 4.78 is 0.0360. The van der Waals surface area contributed by atoms with Crippen LogP contribution in [0.15, 0.2) is 30.3 Å². The van der Waals surface area contributed by atoms with Gasteiger partial charge in [-0.15, -0.1) is 0 Å². The number of allylic oxidation sites excluding steroid dienone is 1. The highest BCUT2D eigenvalue weighted by Crippen LogP contribution is 2.31. The third-order valence-electron chi connectivity index (χ3n) is 2.63. The third kappa shape index (κ3) is 2.11. The van der Waals surface area contributed by atoms with Crippen LogP contribution in [0.2, 0.25) is 5.02 Å². The van der Waals surface area contributed by atoms with Crippen molar-refractivity contribution < 1.29 is 4.79 Å². The predicted octanol–water partition coefficient (Wildman–Crippen LogP) is 3.35. The Hall–Kier alpha value is -0.550. The topological polar surface area (TPSA) is 20.3 Å². The molecular formula is C12H11ClINO. The summed E-state index contributed by atoms with van der Waals surface area (Å²) in [6.45, 7) is 0. The molecule has 0 saturated heterocycles. The van der Waals surface area contributed by atoms with E-state index in [4.69, 9.17) is 11.6 Å². The quantitative estimate of drug-likeness (QED) is 0.563. The maximum atomic E-state index is 11.9. The fourth-order valence-electron chi connectivity index (χ4n) is 1.74. The number of hydrogen-bond donors (Lipinski definition) is 0. The smallest absolute Gasteiger partial charge is 0.240 e. The van der Waals surface area contributed by atoms with Crippen molar-refractivity contribution in [1.82, 2.24) is 4.90 Å². The summed E-state index contributed by atoms with van der Waals surface area (Å²) in [5.74, 6) is 0.137. The van der Waals surface area contributed by atoms with Gasteiger partial charge in [-0.2, -0.15) is 0 Å². The van der Waals surface area contributed by atoms with E-state index < -0.39 is 0 Å². The molecule has 0 fully saturated rings. The van der Waals surface area contributed by atoms with Crippen LogP contribution < -0.4 is 0 Å². The van der Waals surface area contributed by atoms with E-state index in [1.807, 2.05) is 24.3 Å². The van der Waals surface area contributed by atoms with Gasteiger partial charge in [0, 0.05) is 23.3 Å². The summed E-state index contributed by atoms with van der Waals surface area (Å²) in [5.41, 5.74) is 1.83. The fraction of sp³-hybridized carbons (Fsp3) is 0.250. The van der Waals surface area contributed by atoms with E-state index in [1.165, 1.54) is 0 Å². The Bertz CT molecular complexity index is 458. The molecule has 0 radical (unpaired) electrons. The summed E-state index contributed by atoms with van der Waals surface area (Å²) in [5, 5.41) is 0.681. The Morgan fingerprint density at radius 3 is 2.81 bits per heavy atom. The molecule has 2 rings (SSSR count). The van der Waals surface area contributed by atoms with Gasteiger partial charge in [0.25, 0.3) is 0 Å². The number of alkyl halides is 1. The standard InChI is InChI=1S/C12H11ClINO/c1-15-11(7-6-10(14)12(15)16)8-4-2-3-5-9(8)13/h2-5,7,10H,6H2,1H3. The molecule has 1 unspecified atom stereocenters. The first-order valence-corrected chi connectivity index (χ1v) is 6.60. The Morgan fingerprint density at radius 2 is 2.12 bits per heavy atom. The van der Waals surface area contributed by atoms with Crippen LogP contribution in [0, 0.1) is 0 Å². The lowest BCUT2D eigenvalue weighted by Crippen LogP contribution is -2.35. The van der Waals surface area contributed by atoms with E-state index in [-0.39, 0.29) is 9.83 Å². The second-order valence-electron chi connectivity index (χ2n) is 3.67. The number of carbonyl (C=O) groups excluding carboxylic acids is 1. The highest BCUT2D eigenvalue weighted by atomic mass is 127. The maximum Gasteiger partial charge on any atom is 0.240 e. The van der Waals surface area contributed by atoms with E-state index in [2.05, 4.69) is 28.7 Å². The molecule has 2 nitrogen and oxygen atoms in total. The number of rotatable bonds is 1. The van der Waals surface area contributed by atoms with Crippen molar-refractivity contribution in [2.24, 2.45) is 0 Å². The van der Waals surface area contributed by atoms with Crippen molar-refractivity contribution in [2.75, 3.05) is 7.05 Å².